The highest BCUT2D eigenvalue weighted by Gasteiger charge is 2.22. The minimum Gasteiger partial charge on any atom is -0.456 e. The number of furan rings is 2. The molecule has 0 amide bonds. The minimum atomic E-state index is 0.616. The number of benzene rings is 6. The van der Waals surface area contributed by atoms with Crippen molar-refractivity contribution in [2.75, 3.05) is 0 Å². The Morgan fingerprint density at radius 3 is 1.77 bits per heavy atom. The quantitative estimate of drug-likeness (QED) is 0.184. The number of aromatic nitrogens is 4. The normalized spacial score (nSPS) is 12.3. The van der Waals surface area contributed by atoms with Gasteiger partial charge in [-0.3, -0.25) is 4.40 Å². The largest absolute Gasteiger partial charge is 0.456 e. The SMILES string of the molecule is c1ccc2c(c1)nc1c3c(-c4ccc5c(c4)oc4ccccc45)nc(-c4ccc5c(c4)oc4ccccc45)nc3c3ccccc3n21. The van der Waals surface area contributed by atoms with Crippen LogP contribution in [-0.2, 0) is 0 Å². The van der Waals surface area contributed by atoms with E-state index in [4.69, 9.17) is 23.8 Å². The standard InChI is InChI=1S/C41H22N4O2/c1-5-13-31-29(11-1)39-37(41-42-30-12-4-6-14-32(30)45(31)41)38(23-17-19-27-25-9-2-7-15-33(25)46-35(27)21-23)43-40(44-39)24-18-20-28-26-10-3-8-16-34(26)47-36(28)22-24/h1-22H. The number of para-hydroxylation sites is 5. The van der Waals surface area contributed by atoms with Crippen molar-refractivity contribution in [1.29, 1.82) is 0 Å². The Balaban J connectivity index is 1.28. The van der Waals surface area contributed by atoms with Gasteiger partial charge in [0, 0.05) is 38.1 Å². The van der Waals surface area contributed by atoms with Crippen LogP contribution in [0.4, 0.5) is 0 Å². The van der Waals surface area contributed by atoms with Gasteiger partial charge in [0.25, 0.3) is 0 Å². The maximum Gasteiger partial charge on any atom is 0.160 e. The summed E-state index contributed by atoms with van der Waals surface area (Å²) in [6.07, 6.45) is 0. The maximum absolute atomic E-state index is 6.35. The van der Waals surface area contributed by atoms with Gasteiger partial charge in [-0.1, -0.05) is 78.9 Å². The fraction of sp³-hybridized carbons (Fsp3) is 0. The van der Waals surface area contributed by atoms with Crippen LogP contribution in [0, 0.1) is 0 Å². The van der Waals surface area contributed by atoms with Crippen LogP contribution in [-0.4, -0.2) is 19.4 Å². The van der Waals surface area contributed by atoms with Crippen molar-refractivity contribution in [1.82, 2.24) is 19.4 Å². The lowest BCUT2D eigenvalue weighted by Crippen LogP contribution is -2.00. The molecule has 0 aliphatic heterocycles. The molecule has 0 saturated heterocycles. The van der Waals surface area contributed by atoms with Crippen LogP contribution in [0.1, 0.15) is 0 Å². The second-order valence-corrected chi connectivity index (χ2v) is 12.0. The van der Waals surface area contributed by atoms with Gasteiger partial charge >= 0.3 is 0 Å². The number of imidazole rings is 1. The van der Waals surface area contributed by atoms with Crippen LogP contribution in [0.2, 0.25) is 0 Å². The zero-order chi connectivity index (χ0) is 30.6. The summed E-state index contributed by atoms with van der Waals surface area (Å²) in [5, 5.41) is 6.24. The van der Waals surface area contributed by atoms with Crippen molar-refractivity contribution >= 4 is 82.4 Å². The molecule has 0 fully saturated rings. The summed E-state index contributed by atoms with van der Waals surface area (Å²) in [7, 11) is 0. The van der Waals surface area contributed by atoms with Crippen molar-refractivity contribution in [2.24, 2.45) is 0 Å². The van der Waals surface area contributed by atoms with Crippen LogP contribution in [0.5, 0.6) is 0 Å². The van der Waals surface area contributed by atoms with Crippen LogP contribution in [0.25, 0.3) is 105 Å². The van der Waals surface area contributed by atoms with E-state index in [0.717, 1.165) is 99.2 Å². The molecular formula is C41H22N4O2. The molecule has 0 aliphatic carbocycles. The Labute approximate surface area is 266 Å². The first-order valence-corrected chi connectivity index (χ1v) is 15.6. The Bertz CT molecular complexity index is 3090. The van der Waals surface area contributed by atoms with Crippen LogP contribution < -0.4 is 0 Å². The smallest absolute Gasteiger partial charge is 0.160 e. The van der Waals surface area contributed by atoms with E-state index in [1.807, 2.05) is 48.5 Å². The number of fused-ring (bicyclic) bond motifs is 14. The second-order valence-electron chi connectivity index (χ2n) is 12.0. The monoisotopic (exact) mass is 602 g/mol. The molecule has 6 nitrogen and oxygen atoms in total. The lowest BCUT2D eigenvalue weighted by molar-refractivity contribution is 0.668. The molecule has 0 atom stereocenters. The maximum atomic E-state index is 6.35. The third kappa shape index (κ3) is 3.41. The van der Waals surface area contributed by atoms with Crippen molar-refractivity contribution < 1.29 is 8.83 Å². The van der Waals surface area contributed by atoms with Crippen LogP contribution >= 0.6 is 0 Å². The van der Waals surface area contributed by atoms with Crippen molar-refractivity contribution in [3.8, 4) is 22.6 Å². The van der Waals surface area contributed by atoms with Gasteiger partial charge < -0.3 is 8.83 Å². The Morgan fingerprint density at radius 1 is 0.447 bits per heavy atom. The average Bonchev–Trinajstić information content (AvgIpc) is 3.82. The Morgan fingerprint density at radius 2 is 1.02 bits per heavy atom. The molecule has 0 radical (unpaired) electrons. The molecule has 0 unspecified atom stereocenters. The van der Waals surface area contributed by atoms with E-state index in [0.29, 0.717) is 5.82 Å². The highest BCUT2D eigenvalue weighted by atomic mass is 16.3. The third-order valence-electron chi connectivity index (χ3n) is 9.38. The lowest BCUT2D eigenvalue weighted by Gasteiger charge is -2.14. The molecule has 0 bridgehead atoms. The van der Waals surface area contributed by atoms with Gasteiger partial charge in [-0.15, -0.1) is 0 Å². The number of hydrogen-bond acceptors (Lipinski definition) is 5. The van der Waals surface area contributed by atoms with Crippen LogP contribution in [0.3, 0.4) is 0 Å². The van der Waals surface area contributed by atoms with E-state index in [1.54, 1.807) is 0 Å². The topological polar surface area (TPSA) is 69.4 Å². The molecule has 11 aromatic rings. The predicted molar refractivity (Wildman–Crippen MR) is 189 cm³/mol. The van der Waals surface area contributed by atoms with Gasteiger partial charge in [-0.05, 0) is 54.6 Å². The van der Waals surface area contributed by atoms with Gasteiger partial charge in [0.2, 0.25) is 0 Å². The van der Waals surface area contributed by atoms with Crippen molar-refractivity contribution in [3.05, 3.63) is 133 Å². The first-order valence-electron chi connectivity index (χ1n) is 15.6. The average molecular weight is 603 g/mol. The van der Waals surface area contributed by atoms with Crippen molar-refractivity contribution in [2.45, 2.75) is 0 Å². The van der Waals surface area contributed by atoms with Crippen LogP contribution in [0.15, 0.2) is 142 Å². The number of rotatable bonds is 2. The molecular weight excluding hydrogens is 580 g/mol. The summed E-state index contributed by atoms with van der Waals surface area (Å²) in [5.41, 5.74) is 10.6. The molecule has 0 N–H and O–H groups in total. The van der Waals surface area contributed by atoms with Gasteiger partial charge in [-0.2, -0.15) is 0 Å². The highest BCUT2D eigenvalue weighted by molar-refractivity contribution is 6.17. The lowest BCUT2D eigenvalue weighted by atomic mass is 10.0. The molecule has 0 saturated carbocycles. The molecule has 6 aromatic carbocycles. The van der Waals surface area contributed by atoms with E-state index in [2.05, 4.69) is 89.3 Å². The summed E-state index contributed by atoms with van der Waals surface area (Å²) in [6.45, 7) is 0. The summed E-state index contributed by atoms with van der Waals surface area (Å²) < 4.78 is 14.9. The number of pyridine rings is 1. The Hall–Kier alpha value is -6.53. The van der Waals surface area contributed by atoms with E-state index >= 15 is 0 Å². The number of nitrogens with zero attached hydrogens (tertiary/aromatic N) is 4. The predicted octanol–water partition coefficient (Wildman–Crippen LogP) is 10.7. The molecule has 5 aromatic heterocycles. The molecule has 11 rings (SSSR count). The summed E-state index contributed by atoms with van der Waals surface area (Å²) >= 11 is 0. The Kier molecular flexibility index (Phi) is 4.75. The van der Waals surface area contributed by atoms with E-state index in [-0.39, 0.29) is 0 Å². The first kappa shape index (κ1) is 24.8. The van der Waals surface area contributed by atoms with Gasteiger partial charge in [0.1, 0.15) is 28.0 Å². The van der Waals surface area contributed by atoms with E-state index < -0.39 is 0 Å². The van der Waals surface area contributed by atoms with Crippen molar-refractivity contribution in [3.63, 3.8) is 0 Å². The summed E-state index contributed by atoms with van der Waals surface area (Å²) in [5.74, 6) is 0.616. The molecule has 0 spiro atoms. The first-order chi connectivity index (χ1) is 23.3. The fourth-order valence-electron chi connectivity index (χ4n) is 7.25. The third-order valence-corrected chi connectivity index (χ3v) is 9.38. The molecule has 6 heteroatoms. The van der Waals surface area contributed by atoms with Gasteiger partial charge in [0.15, 0.2) is 5.82 Å². The highest BCUT2D eigenvalue weighted by Crippen LogP contribution is 2.40. The zero-order valence-electron chi connectivity index (χ0n) is 24.8. The molecule has 0 aliphatic rings. The van der Waals surface area contributed by atoms with Gasteiger partial charge in [0.05, 0.1) is 33.1 Å². The molecule has 47 heavy (non-hydrogen) atoms. The number of hydrogen-bond donors (Lipinski definition) is 0. The summed E-state index contributed by atoms with van der Waals surface area (Å²) in [6, 6.07) is 45.5. The minimum absolute atomic E-state index is 0.616. The molecule has 5 heterocycles. The summed E-state index contributed by atoms with van der Waals surface area (Å²) in [4.78, 5) is 15.8. The van der Waals surface area contributed by atoms with E-state index in [9.17, 15) is 0 Å². The second kappa shape index (κ2) is 9.02. The van der Waals surface area contributed by atoms with E-state index in [1.165, 1.54) is 0 Å². The zero-order valence-corrected chi connectivity index (χ0v) is 24.8. The molecule has 218 valence electrons. The van der Waals surface area contributed by atoms with Gasteiger partial charge in [-0.25, -0.2) is 15.0 Å². The fourth-order valence-corrected chi connectivity index (χ4v) is 7.25.